The summed E-state index contributed by atoms with van der Waals surface area (Å²) >= 11 is 17.9. The molecule has 0 spiro atoms. The van der Waals surface area contributed by atoms with Crippen molar-refractivity contribution >= 4 is 70.2 Å². The highest BCUT2D eigenvalue weighted by atomic mass is 35.6. The summed E-state index contributed by atoms with van der Waals surface area (Å²) in [6, 6.07) is 0. The molecule has 2 aliphatic heterocycles. The van der Waals surface area contributed by atoms with Gasteiger partial charge in [-0.1, -0.05) is 34.8 Å². The number of carbonyl (C=O) groups excluding carboxylic acids is 4. The number of ether oxygens (including phenoxy) is 2. The number of halogens is 3. The molecule has 2 atom stereocenters. The van der Waals surface area contributed by atoms with Gasteiger partial charge in [0, 0.05) is 18.2 Å². The third kappa shape index (κ3) is 3.96. The normalized spacial score (nSPS) is 25.4. The van der Waals surface area contributed by atoms with Crippen molar-refractivity contribution in [1.82, 2.24) is 4.90 Å². The van der Waals surface area contributed by atoms with E-state index in [0.717, 1.165) is 4.90 Å². The second-order valence-corrected chi connectivity index (χ2v) is 9.27. The van der Waals surface area contributed by atoms with E-state index < -0.39 is 44.9 Å². The molecule has 2 N–H and O–H groups in total. The molecule has 0 aromatic heterocycles. The number of nitrogens with zero attached hydrogens (tertiary/aromatic N) is 1. The highest BCUT2D eigenvalue weighted by Gasteiger charge is 2.65. The smallest absolute Gasteiger partial charge is 0.355 e. The summed E-state index contributed by atoms with van der Waals surface area (Å²) in [5, 5.41) is -0.774. The number of amides is 1. The van der Waals surface area contributed by atoms with Crippen LogP contribution >= 0.6 is 46.6 Å². The summed E-state index contributed by atoms with van der Waals surface area (Å²) < 4.78 is 8.03. The molecular weight excluding hydrogens is 431 g/mol. The predicted molar refractivity (Wildman–Crippen MR) is 95.6 cm³/mol. The van der Waals surface area contributed by atoms with Crippen LogP contribution in [0, 0.1) is 0 Å². The maximum Gasteiger partial charge on any atom is 0.355 e. The van der Waals surface area contributed by atoms with Crippen molar-refractivity contribution in [2.75, 3.05) is 19.0 Å². The number of rotatable bonds is 5. The monoisotopic (exact) mass is 444 g/mol. The maximum absolute atomic E-state index is 12.5. The number of β-lactam (4-membered cyclic amide) rings is 1. The van der Waals surface area contributed by atoms with E-state index in [-0.39, 0.29) is 18.1 Å². The van der Waals surface area contributed by atoms with Gasteiger partial charge in [0.25, 0.3) is 5.91 Å². The number of nitrogens with two attached hydrogens (primary N) is 1. The molecule has 26 heavy (non-hydrogen) atoms. The van der Waals surface area contributed by atoms with Crippen LogP contribution in [-0.2, 0) is 28.7 Å². The molecule has 0 aromatic rings. The van der Waals surface area contributed by atoms with Crippen molar-refractivity contribution < 1.29 is 28.7 Å². The summed E-state index contributed by atoms with van der Waals surface area (Å²) in [5.41, 5.74) is 4.38. The van der Waals surface area contributed by atoms with Gasteiger partial charge in [-0.2, -0.15) is 0 Å². The molecule has 2 aliphatic rings. The number of fused-ring (bicyclic) bond motifs is 1. The molecule has 8 nitrogen and oxygen atoms in total. The Morgan fingerprint density at radius 2 is 1.92 bits per heavy atom. The first kappa shape index (κ1) is 21.3. The van der Waals surface area contributed by atoms with E-state index in [0.29, 0.717) is 5.57 Å². The molecule has 0 aromatic carbocycles. The summed E-state index contributed by atoms with van der Waals surface area (Å²) in [7, 11) is 0. The van der Waals surface area contributed by atoms with Crippen molar-refractivity contribution in [2.45, 2.75) is 28.6 Å². The molecule has 2 rings (SSSR count). The minimum absolute atomic E-state index is 0.156. The largest absolute Gasteiger partial charge is 0.461 e. The minimum atomic E-state index is -1.84. The summed E-state index contributed by atoms with van der Waals surface area (Å²) in [5.74, 6) is -2.57. The standard InChI is InChI=1S/C14H15Cl3N2O6S/c1-6(20)14(18)11(23)19-9(10(22)25-5-13(15,16)17)8(3-24-7(2)21)4-26-12(14)19/h12H,3-5,18H2,1-2H3/t12-,14+/m1/s1. The van der Waals surface area contributed by atoms with E-state index in [9.17, 15) is 19.2 Å². The third-order valence-electron chi connectivity index (χ3n) is 3.78. The first-order valence-corrected chi connectivity index (χ1v) is 9.42. The average molecular weight is 446 g/mol. The van der Waals surface area contributed by atoms with Gasteiger partial charge in [-0.15, -0.1) is 11.8 Å². The fraction of sp³-hybridized carbons (Fsp3) is 0.571. The number of thioether (sulfide) groups is 1. The van der Waals surface area contributed by atoms with Crippen molar-refractivity contribution in [3.05, 3.63) is 11.3 Å². The van der Waals surface area contributed by atoms with Crippen LogP contribution in [0.2, 0.25) is 0 Å². The number of alkyl halides is 3. The summed E-state index contributed by atoms with van der Waals surface area (Å²) in [4.78, 5) is 48.9. The Balaban J connectivity index is 2.34. The molecular formula is C14H15Cl3N2O6S. The van der Waals surface area contributed by atoms with Crippen LogP contribution in [-0.4, -0.2) is 62.2 Å². The second-order valence-electron chi connectivity index (χ2n) is 5.69. The van der Waals surface area contributed by atoms with E-state index in [1.165, 1.54) is 25.6 Å². The average Bonchev–Trinajstić information content (AvgIpc) is 2.54. The van der Waals surface area contributed by atoms with Gasteiger partial charge >= 0.3 is 11.9 Å². The van der Waals surface area contributed by atoms with Crippen LogP contribution in [0.1, 0.15) is 13.8 Å². The summed E-state index contributed by atoms with van der Waals surface area (Å²) in [6.07, 6.45) is 0. The lowest BCUT2D eigenvalue weighted by Gasteiger charge is -2.54. The topological polar surface area (TPSA) is 116 Å². The van der Waals surface area contributed by atoms with E-state index in [1.54, 1.807) is 0 Å². The Bertz CT molecular complexity index is 707. The third-order valence-corrected chi connectivity index (χ3v) is 5.52. The van der Waals surface area contributed by atoms with Gasteiger partial charge in [0.15, 0.2) is 11.3 Å². The van der Waals surface area contributed by atoms with Gasteiger partial charge in [0.2, 0.25) is 3.79 Å². The van der Waals surface area contributed by atoms with Gasteiger partial charge in [0.1, 0.15) is 24.3 Å². The van der Waals surface area contributed by atoms with Crippen LogP contribution < -0.4 is 5.73 Å². The van der Waals surface area contributed by atoms with Gasteiger partial charge in [-0.3, -0.25) is 19.3 Å². The molecule has 2 heterocycles. The Morgan fingerprint density at radius 3 is 2.42 bits per heavy atom. The SMILES string of the molecule is CC(=O)OCC1=C(C(=O)OCC(Cl)(Cl)Cl)N2C(=O)[C@@](N)(C(C)=O)[C@H]2SC1. The molecule has 144 valence electrons. The van der Waals surface area contributed by atoms with Gasteiger partial charge in [-0.05, 0) is 6.92 Å². The van der Waals surface area contributed by atoms with Crippen molar-refractivity contribution in [1.29, 1.82) is 0 Å². The Labute approximate surface area is 168 Å². The zero-order valence-electron chi connectivity index (χ0n) is 13.7. The Kier molecular flexibility index (Phi) is 6.19. The molecule has 0 radical (unpaired) electrons. The fourth-order valence-corrected chi connectivity index (χ4v) is 4.10. The number of esters is 2. The molecule has 12 heteroatoms. The van der Waals surface area contributed by atoms with E-state index in [2.05, 4.69) is 0 Å². The first-order chi connectivity index (χ1) is 11.9. The second kappa shape index (κ2) is 7.55. The van der Waals surface area contributed by atoms with E-state index in [4.69, 9.17) is 50.0 Å². The van der Waals surface area contributed by atoms with Gasteiger partial charge in [-0.25, -0.2) is 4.79 Å². The highest BCUT2D eigenvalue weighted by Crippen LogP contribution is 2.45. The molecule has 1 saturated heterocycles. The number of hydrogen-bond acceptors (Lipinski definition) is 8. The number of Topliss-reactive ketones (excluding diaryl/α,β-unsaturated/α-hetero) is 1. The van der Waals surface area contributed by atoms with Crippen LogP contribution in [0.4, 0.5) is 0 Å². The lowest BCUT2D eigenvalue weighted by Crippen LogP contribution is -2.80. The molecule has 1 fully saturated rings. The first-order valence-electron chi connectivity index (χ1n) is 7.24. The minimum Gasteiger partial charge on any atom is -0.461 e. The molecule has 0 unspecified atom stereocenters. The fourth-order valence-electron chi connectivity index (χ4n) is 2.47. The molecule has 1 amide bonds. The predicted octanol–water partition coefficient (Wildman–Crippen LogP) is 0.919. The summed E-state index contributed by atoms with van der Waals surface area (Å²) in [6.45, 7) is 1.63. The van der Waals surface area contributed by atoms with Gasteiger partial charge < -0.3 is 15.2 Å². The van der Waals surface area contributed by atoms with Crippen molar-refractivity contribution in [2.24, 2.45) is 5.73 Å². The lowest BCUT2D eigenvalue weighted by atomic mass is 9.84. The van der Waals surface area contributed by atoms with Crippen molar-refractivity contribution in [3.8, 4) is 0 Å². The van der Waals surface area contributed by atoms with E-state index in [1.807, 2.05) is 0 Å². The molecule has 0 aliphatic carbocycles. The van der Waals surface area contributed by atoms with Gasteiger partial charge in [0.05, 0.1) is 0 Å². The highest BCUT2D eigenvalue weighted by molar-refractivity contribution is 8.00. The zero-order chi connectivity index (χ0) is 19.9. The Hall–Kier alpha value is -1.000. The lowest BCUT2D eigenvalue weighted by molar-refractivity contribution is -0.160. The number of ketones is 1. The molecule has 0 bridgehead atoms. The van der Waals surface area contributed by atoms with Crippen LogP contribution in [0.15, 0.2) is 11.3 Å². The molecule has 0 saturated carbocycles. The van der Waals surface area contributed by atoms with Crippen molar-refractivity contribution in [3.63, 3.8) is 0 Å². The maximum atomic E-state index is 12.5. The van der Waals surface area contributed by atoms with Crippen LogP contribution in [0.3, 0.4) is 0 Å². The number of carbonyl (C=O) groups is 4. The quantitative estimate of drug-likeness (QED) is 0.287. The van der Waals surface area contributed by atoms with Crippen LogP contribution in [0.5, 0.6) is 0 Å². The Morgan fingerprint density at radius 1 is 1.31 bits per heavy atom. The van der Waals surface area contributed by atoms with Crippen LogP contribution in [0.25, 0.3) is 0 Å². The zero-order valence-corrected chi connectivity index (χ0v) is 16.8. The number of hydrogen-bond donors (Lipinski definition) is 1. The van der Waals surface area contributed by atoms with E-state index >= 15 is 0 Å².